The Kier molecular flexibility index (Phi) is 8.06. The normalized spacial score (nSPS) is 20.2. The van der Waals surface area contributed by atoms with Gasteiger partial charge in [0.15, 0.2) is 0 Å². The molecule has 1 unspecified atom stereocenters. The average Bonchev–Trinajstić information content (AvgIpc) is 2.74. The quantitative estimate of drug-likeness (QED) is 0.709. The number of hydrogen-bond acceptors (Lipinski definition) is 4. The molecule has 1 N–H and O–H groups in total. The Morgan fingerprint density at radius 1 is 1.12 bits per heavy atom. The molecule has 2 saturated heterocycles. The molecule has 1 aromatic rings. The molecule has 1 aromatic carbocycles. The number of piperidine rings is 1. The van der Waals surface area contributed by atoms with Gasteiger partial charge in [0.2, 0.25) is 11.8 Å². The van der Waals surface area contributed by atoms with Crippen molar-refractivity contribution in [1.82, 2.24) is 14.7 Å². The van der Waals surface area contributed by atoms with E-state index < -0.39 is 16.8 Å². The molecule has 3 rings (SSSR count). The fourth-order valence-corrected chi connectivity index (χ4v) is 4.41. The van der Waals surface area contributed by atoms with Crippen LogP contribution in [0.5, 0.6) is 0 Å². The van der Waals surface area contributed by atoms with Crippen LogP contribution in [0.1, 0.15) is 32.3 Å². The van der Waals surface area contributed by atoms with Gasteiger partial charge in [0.25, 0.3) is 0 Å². The summed E-state index contributed by atoms with van der Waals surface area (Å²) in [6.45, 7) is 8.37. The zero-order valence-corrected chi connectivity index (χ0v) is 19.2. The van der Waals surface area contributed by atoms with Crippen LogP contribution >= 0.6 is 11.6 Å². The molecule has 0 aliphatic carbocycles. The summed E-state index contributed by atoms with van der Waals surface area (Å²) in [5, 5.41) is 2.11. The number of benzene rings is 1. The second kappa shape index (κ2) is 10.4. The van der Waals surface area contributed by atoms with Gasteiger partial charge in [0.1, 0.15) is 0 Å². The maximum atomic E-state index is 13.0. The largest absolute Gasteiger partial charge is 0.417 e. The topological polar surface area (TPSA) is 55.9 Å². The SMILES string of the molecule is CC1CCN(C(=O)C(C)N2CCN(CC(=O)Nc3ccc(Cl)c(C(F)(F)F)c3)CC2)CC1. The van der Waals surface area contributed by atoms with E-state index in [-0.39, 0.29) is 30.1 Å². The summed E-state index contributed by atoms with van der Waals surface area (Å²) in [6.07, 6.45) is -2.51. The van der Waals surface area contributed by atoms with E-state index >= 15 is 0 Å². The van der Waals surface area contributed by atoms with E-state index in [0.717, 1.165) is 38.1 Å². The third-order valence-electron chi connectivity index (χ3n) is 6.33. The minimum absolute atomic E-state index is 0.0560. The minimum atomic E-state index is -4.59. The van der Waals surface area contributed by atoms with Crippen molar-refractivity contribution in [3.63, 3.8) is 0 Å². The first-order valence-corrected chi connectivity index (χ1v) is 11.3. The van der Waals surface area contributed by atoms with Gasteiger partial charge in [-0.3, -0.25) is 19.4 Å². The van der Waals surface area contributed by atoms with E-state index in [1.165, 1.54) is 6.07 Å². The maximum Gasteiger partial charge on any atom is 0.417 e. The third-order valence-corrected chi connectivity index (χ3v) is 6.66. The van der Waals surface area contributed by atoms with E-state index in [0.29, 0.717) is 32.1 Å². The number of halogens is 4. The number of rotatable bonds is 5. The smallest absolute Gasteiger partial charge is 0.341 e. The van der Waals surface area contributed by atoms with Crippen LogP contribution in [-0.2, 0) is 15.8 Å². The van der Waals surface area contributed by atoms with Crippen molar-refractivity contribution >= 4 is 29.1 Å². The number of amides is 2. The van der Waals surface area contributed by atoms with Crippen LogP contribution < -0.4 is 5.32 Å². The molecule has 0 saturated carbocycles. The van der Waals surface area contributed by atoms with Crippen LogP contribution in [0.4, 0.5) is 18.9 Å². The maximum absolute atomic E-state index is 13.0. The molecule has 32 heavy (non-hydrogen) atoms. The number of alkyl halides is 3. The summed E-state index contributed by atoms with van der Waals surface area (Å²) < 4.78 is 39.0. The molecular weight excluding hydrogens is 445 g/mol. The van der Waals surface area contributed by atoms with E-state index in [1.807, 2.05) is 16.7 Å². The Hall–Kier alpha value is -1.84. The number of hydrogen-bond donors (Lipinski definition) is 1. The van der Waals surface area contributed by atoms with Crippen LogP contribution in [0.3, 0.4) is 0 Å². The summed E-state index contributed by atoms with van der Waals surface area (Å²) in [5.74, 6) is 0.434. The number of anilines is 1. The van der Waals surface area contributed by atoms with Crippen molar-refractivity contribution < 1.29 is 22.8 Å². The lowest BCUT2D eigenvalue weighted by atomic mass is 9.98. The highest BCUT2D eigenvalue weighted by atomic mass is 35.5. The number of likely N-dealkylation sites (tertiary alicyclic amines) is 1. The summed E-state index contributed by atoms with van der Waals surface area (Å²) in [7, 11) is 0. The molecule has 0 aromatic heterocycles. The summed E-state index contributed by atoms with van der Waals surface area (Å²) in [5.41, 5.74) is -0.923. The Labute approximate surface area is 191 Å². The molecule has 10 heteroatoms. The fourth-order valence-electron chi connectivity index (χ4n) is 4.18. The minimum Gasteiger partial charge on any atom is -0.341 e. The van der Waals surface area contributed by atoms with E-state index in [4.69, 9.17) is 11.6 Å². The Morgan fingerprint density at radius 2 is 1.75 bits per heavy atom. The molecule has 178 valence electrons. The molecule has 2 aliphatic rings. The monoisotopic (exact) mass is 474 g/mol. The Balaban J connectivity index is 1.46. The van der Waals surface area contributed by atoms with E-state index in [9.17, 15) is 22.8 Å². The number of carbonyl (C=O) groups is 2. The average molecular weight is 475 g/mol. The van der Waals surface area contributed by atoms with Crippen molar-refractivity contribution in [3.05, 3.63) is 28.8 Å². The van der Waals surface area contributed by atoms with Crippen molar-refractivity contribution in [2.24, 2.45) is 5.92 Å². The van der Waals surface area contributed by atoms with Gasteiger partial charge in [0.05, 0.1) is 23.2 Å². The van der Waals surface area contributed by atoms with Gasteiger partial charge in [0, 0.05) is 45.0 Å². The number of carbonyl (C=O) groups excluding carboxylic acids is 2. The first-order valence-electron chi connectivity index (χ1n) is 11.0. The zero-order chi connectivity index (χ0) is 23.5. The zero-order valence-electron chi connectivity index (χ0n) is 18.4. The second-order valence-corrected chi connectivity index (χ2v) is 9.14. The van der Waals surface area contributed by atoms with Gasteiger partial charge in [-0.25, -0.2) is 0 Å². The van der Waals surface area contributed by atoms with Crippen molar-refractivity contribution in [2.75, 3.05) is 51.1 Å². The Morgan fingerprint density at radius 3 is 2.34 bits per heavy atom. The number of nitrogens with one attached hydrogen (secondary N) is 1. The van der Waals surface area contributed by atoms with Crippen molar-refractivity contribution in [3.8, 4) is 0 Å². The van der Waals surface area contributed by atoms with Gasteiger partial charge >= 0.3 is 6.18 Å². The van der Waals surface area contributed by atoms with Crippen LogP contribution in [0.15, 0.2) is 18.2 Å². The number of nitrogens with zero attached hydrogens (tertiary/aromatic N) is 3. The van der Waals surface area contributed by atoms with Crippen LogP contribution in [0.25, 0.3) is 0 Å². The lowest BCUT2D eigenvalue weighted by Gasteiger charge is -2.40. The molecule has 0 bridgehead atoms. The predicted molar refractivity (Wildman–Crippen MR) is 118 cm³/mol. The van der Waals surface area contributed by atoms with Gasteiger partial charge < -0.3 is 10.2 Å². The Bertz CT molecular complexity index is 820. The van der Waals surface area contributed by atoms with Gasteiger partial charge in [-0.1, -0.05) is 18.5 Å². The summed E-state index contributed by atoms with van der Waals surface area (Å²) in [4.78, 5) is 31.2. The summed E-state index contributed by atoms with van der Waals surface area (Å²) in [6, 6.07) is 3.11. The first-order chi connectivity index (χ1) is 15.0. The molecule has 6 nitrogen and oxygen atoms in total. The molecule has 1 atom stereocenters. The molecular formula is C22H30ClF3N4O2. The van der Waals surface area contributed by atoms with Gasteiger partial charge in [-0.2, -0.15) is 13.2 Å². The highest BCUT2D eigenvalue weighted by molar-refractivity contribution is 6.31. The second-order valence-electron chi connectivity index (χ2n) is 8.74. The van der Waals surface area contributed by atoms with Crippen LogP contribution in [0, 0.1) is 5.92 Å². The number of piperazine rings is 1. The first kappa shape index (κ1) is 24.8. The van der Waals surface area contributed by atoms with E-state index in [2.05, 4.69) is 17.1 Å². The highest BCUT2D eigenvalue weighted by Crippen LogP contribution is 2.36. The standard InChI is InChI=1S/C22H30ClF3N4O2/c1-15-5-7-30(8-6-15)21(32)16(2)29-11-9-28(10-12-29)14-20(31)27-17-3-4-19(23)18(13-17)22(24,25)26/h3-4,13,15-16H,5-12,14H2,1-2H3,(H,27,31). The molecule has 2 aliphatic heterocycles. The van der Waals surface area contributed by atoms with Crippen LogP contribution in [0.2, 0.25) is 5.02 Å². The lowest BCUT2D eigenvalue weighted by Crippen LogP contribution is -2.56. The summed E-state index contributed by atoms with van der Waals surface area (Å²) >= 11 is 5.62. The van der Waals surface area contributed by atoms with Gasteiger partial charge in [-0.15, -0.1) is 0 Å². The van der Waals surface area contributed by atoms with E-state index in [1.54, 1.807) is 0 Å². The van der Waals surface area contributed by atoms with Gasteiger partial charge in [-0.05, 0) is 43.9 Å². The fraction of sp³-hybridized carbons (Fsp3) is 0.636. The lowest BCUT2D eigenvalue weighted by molar-refractivity contribution is -0.139. The highest BCUT2D eigenvalue weighted by Gasteiger charge is 2.34. The van der Waals surface area contributed by atoms with Crippen molar-refractivity contribution in [1.29, 1.82) is 0 Å². The van der Waals surface area contributed by atoms with Crippen molar-refractivity contribution in [2.45, 2.75) is 38.9 Å². The third kappa shape index (κ3) is 6.36. The molecule has 2 fully saturated rings. The molecule has 2 heterocycles. The molecule has 0 radical (unpaired) electrons. The van der Waals surface area contributed by atoms with Crippen LogP contribution in [-0.4, -0.2) is 78.4 Å². The molecule has 0 spiro atoms. The predicted octanol–water partition coefficient (Wildman–Crippen LogP) is 3.56. The molecule has 2 amide bonds.